The first-order chi connectivity index (χ1) is 9.11. The maximum absolute atomic E-state index is 12.4. The number of nitrogens with zero attached hydrogens (tertiary/aromatic N) is 2. The third-order valence-corrected chi connectivity index (χ3v) is 3.88. The predicted molar refractivity (Wildman–Crippen MR) is 64.9 cm³/mol. The Balaban J connectivity index is 1.96. The molecule has 0 N–H and O–H groups in total. The van der Waals surface area contributed by atoms with Gasteiger partial charge in [0.15, 0.2) is 0 Å². The Morgan fingerprint density at radius 3 is 2.79 bits per heavy atom. The van der Waals surface area contributed by atoms with E-state index in [1.165, 1.54) is 7.11 Å². The van der Waals surface area contributed by atoms with Crippen LogP contribution in [0.4, 0.5) is 0 Å². The van der Waals surface area contributed by atoms with Gasteiger partial charge in [-0.1, -0.05) is 0 Å². The van der Waals surface area contributed by atoms with Crippen LogP contribution in [0, 0.1) is 16.7 Å². The van der Waals surface area contributed by atoms with Crippen LogP contribution in [0.3, 0.4) is 0 Å². The van der Waals surface area contributed by atoms with Crippen LogP contribution in [0.25, 0.3) is 0 Å². The molecule has 6 nitrogen and oxygen atoms in total. The lowest BCUT2D eigenvalue weighted by Crippen LogP contribution is -2.53. The highest BCUT2D eigenvalue weighted by atomic mass is 16.5. The molecule has 19 heavy (non-hydrogen) atoms. The van der Waals surface area contributed by atoms with Gasteiger partial charge in [-0.05, 0) is 19.3 Å². The summed E-state index contributed by atoms with van der Waals surface area (Å²) < 4.78 is 10.0. The molecule has 1 unspecified atom stereocenters. The average Bonchev–Trinajstić information content (AvgIpc) is 2.38. The van der Waals surface area contributed by atoms with Crippen molar-refractivity contribution < 1.29 is 19.1 Å². The zero-order valence-electron chi connectivity index (χ0n) is 11.1. The van der Waals surface area contributed by atoms with Gasteiger partial charge in [-0.2, -0.15) is 5.26 Å². The van der Waals surface area contributed by atoms with E-state index in [4.69, 9.17) is 4.74 Å². The summed E-state index contributed by atoms with van der Waals surface area (Å²) >= 11 is 0. The van der Waals surface area contributed by atoms with Crippen molar-refractivity contribution >= 4 is 11.9 Å². The molecular formula is C13H18N2O4. The van der Waals surface area contributed by atoms with E-state index in [-0.39, 0.29) is 24.4 Å². The molecular weight excluding hydrogens is 248 g/mol. The third kappa shape index (κ3) is 2.71. The van der Waals surface area contributed by atoms with Crippen LogP contribution >= 0.6 is 0 Å². The lowest BCUT2D eigenvalue weighted by molar-refractivity contribution is -0.155. The summed E-state index contributed by atoms with van der Waals surface area (Å²) in [6.45, 7) is 1.24. The maximum atomic E-state index is 12.4. The Hall–Kier alpha value is -1.61. The smallest absolute Gasteiger partial charge is 0.308 e. The largest absolute Gasteiger partial charge is 0.469 e. The minimum atomic E-state index is -0.826. The fourth-order valence-corrected chi connectivity index (χ4v) is 2.50. The van der Waals surface area contributed by atoms with E-state index < -0.39 is 5.41 Å². The van der Waals surface area contributed by atoms with Gasteiger partial charge in [-0.25, -0.2) is 0 Å². The van der Waals surface area contributed by atoms with E-state index in [0.717, 1.165) is 6.42 Å². The van der Waals surface area contributed by atoms with Crippen molar-refractivity contribution in [2.75, 3.05) is 26.8 Å². The zero-order chi connectivity index (χ0) is 13.9. The number of nitriles is 1. The first kappa shape index (κ1) is 13.8. The Bertz CT molecular complexity index is 411. The fourth-order valence-electron chi connectivity index (χ4n) is 2.50. The molecule has 0 spiro atoms. The maximum Gasteiger partial charge on any atom is 0.308 e. The number of methoxy groups -OCH3 is 1. The van der Waals surface area contributed by atoms with Gasteiger partial charge < -0.3 is 14.4 Å². The molecule has 1 heterocycles. The Morgan fingerprint density at radius 1 is 1.53 bits per heavy atom. The molecule has 2 rings (SSSR count). The van der Waals surface area contributed by atoms with Gasteiger partial charge in [0.05, 0.1) is 32.3 Å². The van der Waals surface area contributed by atoms with Crippen LogP contribution < -0.4 is 0 Å². The van der Waals surface area contributed by atoms with Gasteiger partial charge in [-0.3, -0.25) is 9.59 Å². The van der Waals surface area contributed by atoms with Crippen molar-refractivity contribution in [3.8, 4) is 6.07 Å². The lowest BCUT2D eigenvalue weighted by Gasteiger charge is -2.41. The number of ether oxygens (including phenoxy) is 2. The summed E-state index contributed by atoms with van der Waals surface area (Å²) in [6.07, 6.45) is 2.01. The quantitative estimate of drug-likeness (QED) is 0.694. The van der Waals surface area contributed by atoms with E-state index >= 15 is 0 Å². The first-order valence-electron chi connectivity index (χ1n) is 6.50. The number of amides is 1. The van der Waals surface area contributed by atoms with Crippen molar-refractivity contribution in [3.63, 3.8) is 0 Å². The summed E-state index contributed by atoms with van der Waals surface area (Å²) in [7, 11) is 1.33. The number of carbonyl (C=O) groups is 2. The molecule has 1 saturated heterocycles. The number of hydrogen-bond donors (Lipinski definition) is 0. The fraction of sp³-hybridized carbons (Fsp3) is 0.769. The molecule has 6 heteroatoms. The second-order valence-electron chi connectivity index (χ2n) is 5.07. The summed E-state index contributed by atoms with van der Waals surface area (Å²) in [5, 5.41) is 9.18. The molecule has 0 radical (unpaired) electrons. The molecule has 0 aromatic heterocycles. The molecule has 104 valence electrons. The molecule has 1 atom stereocenters. The molecule has 1 aliphatic carbocycles. The number of carbonyl (C=O) groups excluding carboxylic acids is 2. The SMILES string of the molecule is COC(=O)CC1CN(C(=O)C2(C#N)CCC2)CCO1. The van der Waals surface area contributed by atoms with Crippen molar-refractivity contribution in [1.29, 1.82) is 5.26 Å². The summed E-state index contributed by atoms with van der Waals surface area (Å²) in [4.78, 5) is 25.2. The molecule has 1 saturated carbocycles. The third-order valence-electron chi connectivity index (χ3n) is 3.88. The number of rotatable bonds is 3. The van der Waals surface area contributed by atoms with E-state index in [9.17, 15) is 14.9 Å². The van der Waals surface area contributed by atoms with Crippen LogP contribution in [0.15, 0.2) is 0 Å². The molecule has 0 aromatic carbocycles. The van der Waals surface area contributed by atoms with Crippen LogP contribution in [0.5, 0.6) is 0 Å². The van der Waals surface area contributed by atoms with Gasteiger partial charge in [-0.15, -0.1) is 0 Å². The van der Waals surface area contributed by atoms with E-state index in [1.807, 2.05) is 0 Å². The van der Waals surface area contributed by atoms with Crippen molar-refractivity contribution in [2.24, 2.45) is 5.41 Å². The molecule has 2 fully saturated rings. The molecule has 0 bridgehead atoms. The standard InChI is InChI=1S/C13H18N2O4/c1-18-11(16)7-10-8-15(5-6-19-10)12(17)13(9-14)3-2-4-13/h10H,2-8H2,1H3. The van der Waals surface area contributed by atoms with Gasteiger partial charge in [0.2, 0.25) is 5.91 Å². The molecule has 1 aliphatic heterocycles. The van der Waals surface area contributed by atoms with E-state index in [0.29, 0.717) is 32.5 Å². The Kier molecular flexibility index (Phi) is 4.05. The monoisotopic (exact) mass is 266 g/mol. The second-order valence-corrected chi connectivity index (χ2v) is 5.07. The highest BCUT2D eigenvalue weighted by molar-refractivity contribution is 5.86. The summed E-state index contributed by atoms with van der Waals surface area (Å²) in [5.41, 5.74) is -0.826. The van der Waals surface area contributed by atoms with Gasteiger partial charge in [0, 0.05) is 13.1 Å². The first-order valence-corrected chi connectivity index (χ1v) is 6.50. The minimum Gasteiger partial charge on any atom is -0.469 e. The van der Waals surface area contributed by atoms with E-state index in [1.54, 1.807) is 4.90 Å². The summed E-state index contributed by atoms with van der Waals surface area (Å²) in [6, 6.07) is 2.16. The second kappa shape index (κ2) is 5.57. The summed E-state index contributed by atoms with van der Waals surface area (Å²) in [5.74, 6) is -0.461. The number of hydrogen-bond acceptors (Lipinski definition) is 5. The van der Waals surface area contributed by atoms with Crippen LogP contribution in [0.1, 0.15) is 25.7 Å². The molecule has 2 aliphatic rings. The minimum absolute atomic E-state index is 0.112. The van der Waals surface area contributed by atoms with Gasteiger partial charge in [0.1, 0.15) is 5.41 Å². The average molecular weight is 266 g/mol. The number of esters is 1. The molecule has 1 amide bonds. The lowest BCUT2D eigenvalue weighted by atomic mass is 9.69. The topological polar surface area (TPSA) is 79.6 Å². The molecule has 0 aromatic rings. The highest BCUT2D eigenvalue weighted by Crippen LogP contribution is 2.42. The normalized spacial score (nSPS) is 25.1. The van der Waals surface area contributed by atoms with Crippen molar-refractivity contribution in [2.45, 2.75) is 31.8 Å². The number of morpholine rings is 1. The van der Waals surface area contributed by atoms with E-state index in [2.05, 4.69) is 10.8 Å². The van der Waals surface area contributed by atoms with Crippen LogP contribution in [-0.2, 0) is 19.1 Å². The highest BCUT2D eigenvalue weighted by Gasteiger charge is 2.47. The Labute approximate surface area is 112 Å². The van der Waals surface area contributed by atoms with Gasteiger partial charge >= 0.3 is 5.97 Å². The van der Waals surface area contributed by atoms with Crippen LogP contribution in [0.2, 0.25) is 0 Å². The zero-order valence-corrected chi connectivity index (χ0v) is 11.1. The van der Waals surface area contributed by atoms with Crippen molar-refractivity contribution in [1.82, 2.24) is 4.90 Å². The Morgan fingerprint density at radius 2 is 2.26 bits per heavy atom. The van der Waals surface area contributed by atoms with Gasteiger partial charge in [0.25, 0.3) is 0 Å². The van der Waals surface area contributed by atoms with Crippen LogP contribution in [-0.4, -0.2) is 49.7 Å². The predicted octanol–water partition coefficient (Wildman–Crippen LogP) is 0.471. The van der Waals surface area contributed by atoms with Crippen molar-refractivity contribution in [3.05, 3.63) is 0 Å².